The van der Waals surface area contributed by atoms with Gasteiger partial charge in [-0.2, -0.15) is 0 Å². The maximum Gasteiger partial charge on any atom is 0.255 e. The zero-order chi connectivity index (χ0) is 19.0. The molecule has 134 valence electrons. The molecule has 1 heterocycles. The molecule has 27 heavy (non-hydrogen) atoms. The van der Waals surface area contributed by atoms with E-state index in [0.717, 1.165) is 19.2 Å². The van der Waals surface area contributed by atoms with Gasteiger partial charge >= 0.3 is 0 Å². The van der Waals surface area contributed by atoms with Gasteiger partial charge in [0.1, 0.15) is 5.52 Å². The Morgan fingerprint density at radius 2 is 1.85 bits per heavy atom. The first-order valence-corrected chi connectivity index (χ1v) is 10.1. The number of halogens is 2. The van der Waals surface area contributed by atoms with E-state index < -0.39 is 0 Å². The molecule has 1 aromatic heterocycles. The van der Waals surface area contributed by atoms with Gasteiger partial charge in [-0.1, -0.05) is 17.7 Å². The highest BCUT2D eigenvalue weighted by Gasteiger charge is 2.13. The van der Waals surface area contributed by atoms with Gasteiger partial charge in [0.25, 0.3) is 5.91 Å². The summed E-state index contributed by atoms with van der Waals surface area (Å²) in [7, 11) is 0. The summed E-state index contributed by atoms with van der Waals surface area (Å²) < 4.78 is 7.91. The number of aryl methyl sites for hydroxylation is 1. The fourth-order valence-corrected chi connectivity index (χ4v) is 3.60. The summed E-state index contributed by atoms with van der Waals surface area (Å²) in [5.41, 5.74) is 4.66. The molecule has 3 aromatic carbocycles. The summed E-state index contributed by atoms with van der Waals surface area (Å²) in [5, 5.41) is 2.91. The van der Waals surface area contributed by atoms with E-state index in [9.17, 15) is 4.79 Å². The minimum Gasteiger partial charge on any atom is -0.436 e. The highest BCUT2D eigenvalue weighted by atomic mass is 127. The lowest BCUT2D eigenvalue weighted by atomic mass is 10.1. The maximum absolute atomic E-state index is 12.4. The Morgan fingerprint density at radius 1 is 1.07 bits per heavy atom. The molecule has 6 heteroatoms. The predicted molar refractivity (Wildman–Crippen MR) is 119 cm³/mol. The number of rotatable bonds is 3. The molecule has 0 fully saturated rings. The van der Waals surface area contributed by atoms with Crippen molar-refractivity contribution in [3.8, 4) is 11.5 Å². The van der Waals surface area contributed by atoms with E-state index in [-0.39, 0.29) is 5.91 Å². The van der Waals surface area contributed by atoms with Gasteiger partial charge in [-0.05, 0) is 94.0 Å². The second-order valence-corrected chi connectivity index (χ2v) is 8.25. The molecule has 4 aromatic rings. The third kappa shape index (κ3) is 3.91. The lowest BCUT2D eigenvalue weighted by Crippen LogP contribution is -2.11. The van der Waals surface area contributed by atoms with Crippen LogP contribution in [0.1, 0.15) is 15.9 Å². The number of benzene rings is 3. The molecule has 0 aliphatic rings. The lowest BCUT2D eigenvalue weighted by molar-refractivity contribution is 0.102. The predicted octanol–water partition coefficient (Wildman–Crippen LogP) is 6.42. The van der Waals surface area contributed by atoms with Crippen LogP contribution >= 0.6 is 38.5 Å². The minimum absolute atomic E-state index is 0.154. The Morgan fingerprint density at radius 3 is 2.63 bits per heavy atom. The van der Waals surface area contributed by atoms with Gasteiger partial charge in [0, 0.05) is 19.3 Å². The Balaban J connectivity index is 1.64. The number of aromatic nitrogens is 1. The van der Waals surface area contributed by atoms with Crippen molar-refractivity contribution >= 4 is 61.2 Å². The van der Waals surface area contributed by atoms with Crippen molar-refractivity contribution in [3.05, 3.63) is 79.8 Å². The quantitative estimate of drug-likeness (QED) is 0.310. The molecule has 0 atom stereocenters. The Hall–Kier alpha value is -2.19. The molecule has 1 N–H and O–H groups in total. The van der Waals surface area contributed by atoms with Gasteiger partial charge in [-0.25, -0.2) is 4.98 Å². The molecule has 0 radical (unpaired) electrons. The van der Waals surface area contributed by atoms with Crippen molar-refractivity contribution in [3.63, 3.8) is 0 Å². The van der Waals surface area contributed by atoms with Gasteiger partial charge < -0.3 is 9.73 Å². The lowest BCUT2D eigenvalue weighted by Gasteiger charge is -2.05. The molecular formula is C21H14BrIN2O2. The highest BCUT2D eigenvalue weighted by molar-refractivity contribution is 14.1. The van der Waals surface area contributed by atoms with Crippen LogP contribution in [0.25, 0.3) is 22.6 Å². The Kier molecular flexibility index (Phi) is 5.01. The van der Waals surface area contributed by atoms with Gasteiger partial charge in [0.2, 0.25) is 5.89 Å². The number of fused-ring (bicyclic) bond motifs is 1. The zero-order valence-corrected chi connectivity index (χ0v) is 18.0. The molecule has 1 amide bonds. The van der Waals surface area contributed by atoms with Crippen LogP contribution in [0.5, 0.6) is 0 Å². The van der Waals surface area contributed by atoms with Crippen LogP contribution < -0.4 is 5.32 Å². The summed E-state index contributed by atoms with van der Waals surface area (Å²) >= 11 is 5.80. The van der Waals surface area contributed by atoms with Gasteiger partial charge in [-0.15, -0.1) is 0 Å². The SMILES string of the molecule is Cc1ccc(C(=O)Nc2ccc3oc(-c4cc(I)ccc4Br)nc3c2)cc1. The standard InChI is InChI=1S/C21H14BrIN2O2/c1-12-2-4-13(5-3-12)20(26)24-15-7-9-19-18(11-15)25-21(27-19)16-10-14(23)6-8-17(16)22/h2-11H,1H3,(H,24,26). The van der Waals surface area contributed by atoms with Crippen LogP contribution in [0.2, 0.25) is 0 Å². The zero-order valence-electron chi connectivity index (χ0n) is 14.3. The first kappa shape index (κ1) is 18.2. The number of oxazole rings is 1. The smallest absolute Gasteiger partial charge is 0.255 e. The van der Waals surface area contributed by atoms with Crippen LogP contribution in [0.3, 0.4) is 0 Å². The molecule has 0 saturated carbocycles. The van der Waals surface area contributed by atoms with E-state index in [4.69, 9.17) is 4.42 Å². The second-order valence-electron chi connectivity index (χ2n) is 6.15. The highest BCUT2D eigenvalue weighted by Crippen LogP contribution is 2.32. The molecule has 4 rings (SSSR count). The van der Waals surface area contributed by atoms with Crippen molar-refractivity contribution in [1.82, 2.24) is 4.98 Å². The van der Waals surface area contributed by atoms with Gasteiger partial charge in [0.15, 0.2) is 5.58 Å². The molecule has 0 unspecified atom stereocenters. The topological polar surface area (TPSA) is 55.1 Å². The average molecular weight is 533 g/mol. The minimum atomic E-state index is -0.154. The Bertz CT molecular complexity index is 1150. The fraction of sp³-hybridized carbons (Fsp3) is 0.0476. The molecule has 0 saturated heterocycles. The summed E-state index contributed by atoms with van der Waals surface area (Å²) in [6.45, 7) is 1.99. The van der Waals surface area contributed by atoms with Crippen molar-refractivity contribution in [2.24, 2.45) is 0 Å². The summed E-state index contributed by atoms with van der Waals surface area (Å²) in [5.74, 6) is 0.385. The third-order valence-corrected chi connectivity index (χ3v) is 5.48. The molecule has 0 bridgehead atoms. The van der Waals surface area contributed by atoms with E-state index in [1.807, 2.05) is 67.6 Å². The number of carbonyl (C=O) groups is 1. The number of anilines is 1. The first-order chi connectivity index (χ1) is 13.0. The number of nitrogens with one attached hydrogen (secondary N) is 1. The van der Waals surface area contributed by atoms with Crippen molar-refractivity contribution in [1.29, 1.82) is 0 Å². The van der Waals surface area contributed by atoms with E-state index in [0.29, 0.717) is 28.2 Å². The van der Waals surface area contributed by atoms with E-state index in [1.165, 1.54) is 0 Å². The fourth-order valence-electron chi connectivity index (χ4n) is 2.69. The van der Waals surface area contributed by atoms with Crippen molar-refractivity contribution in [2.45, 2.75) is 6.92 Å². The first-order valence-electron chi connectivity index (χ1n) is 8.23. The normalized spacial score (nSPS) is 10.9. The van der Waals surface area contributed by atoms with Crippen LogP contribution in [-0.4, -0.2) is 10.9 Å². The van der Waals surface area contributed by atoms with Crippen LogP contribution in [0.15, 0.2) is 69.6 Å². The van der Waals surface area contributed by atoms with E-state index in [2.05, 4.69) is 48.8 Å². The number of hydrogen-bond donors (Lipinski definition) is 1. The molecule has 0 aliphatic heterocycles. The number of hydrogen-bond acceptors (Lipinski definition) is 3. The monoisotopic (exact) mass is 532 g/mol. The van der Waals surface area contributed by atoms with E-state index in [1.54, 1.807) is 0 Å². The number of carbonyl (C=O) groups excluding carboxylic acids is 1. The number of amides is 1. The maximum atomic E-state index is 12.4. The van der Waals surface area contributed by atoms with Crippen LogP contribution in [0, 0.1) is 10.5 Å². The van der Waals surface area contributed by atoms with Crippen molar-refractivity contribution < 1.29 is 9.21 Å². The number of nitrogens with zero attached hydrogens (tertiary/aromatic N) is 1. The molecule has 0 spiro atoms. The molecule has 4 nitrogen and oxygen atoms in total. The largest absolute Gasteiger partial charge is 0.436 e. The third-order valence-electron chi connectivity index (χ3n) is 4.12. The van der Waals surface area contributed by atoms with Gasteiger partial charge in [-0.3, -0.25) is 4.79 Å². The molecular weight excluding hydrogens is 519 g/mol. The van der Waals surface area contributed by atoms with Crippen molar-refractivity contribution in [2.75, 3.05) is 5.32 Å². The van der Waals surface area contributed by atoms with Gasteiger partial charge in [0.05, 0.1) is 5.56 Å². The van der Waals surface area contributed by atoms with E-state index >= 15 is 0 Å². The summed E-state index contributed by atoms with van der Waals surface area (Å²) in [4.78, 5) is 17.0. The Labute approximate surface area is 178 Å². The summed E-state index contributed by atoms with van der Waals surface area (Å²) in [6, 6.07) is 18.9. The summed E-state index contributed by atoms with van der Waals surface area (Å²) in [6.07, 6.45) is 0. The van der Waals surface area contributed by atoms with Crippen LogP contribution in [0.4, 0.5) is 5.69 Å². The molecule has 0 aliphatic carbocycles. The average Bonchev–Trinajstić information content (AvgIpc) is 3.07. The van der Waals surface area contributed by atoms with Crippen LogP contribution in [-0.2, 0) is 0 Å². The second kappa shape index (κ2) is 7.44.